The molecule has 0 unspecified atom stereocenters. The molecular formula is C9H15N3. The van der Waals surface area contributed by atoms with E-state index < -0.39 is 0 Å². The van der Waals surface area contributed by atoms with Gasteiger partial charge in [0.15, 0.2) is 0 Å². The first-order valence-electron chi connectivity index (χ1n) is 4.04. The SMILES string of the molecule is CC(C)N(C)c1cncc(N)c1. The fourth-order valence-electron chi connectivity index (χ4n) is 0.936. The number of anilines is 2. The summed E-state index contributed by atoms with van der Waals surface area (Å²) in [5, 5.41) is 0. The van der Waals surface area contributed by atoms with Gasteiger partial charge in [0.25, 0.3) is 0 Å². The molecule has 0 amide bonds. The van der Waals surface area contributed by atoms with Crippen LogP contribution in [0.5, 0.6) is 0 Å². The summed E-state index contributed by atoms with van der Waals surface area (Å²) in [6, 6.07) is 2.39. The molecule has 0 fully saturated rings. The minimum Gasteiger partial charge on any atom is -0.397 e. The van der Waals surface area contributed by atoms with Gasteiger partial charge in [-0.1, -0.05) is 0 Å². The van der Waals surface area contributed by atoms with Crippen LogP contribution < -0.4 is 10.6 Å². The van der Waals surface area contributed by atoms with Gasteiger partial charge in [-0.2, -0.15) is 0 Å². The van der Waals surface area contributed by atoms with Crippen molar-refractivity contribution < 1.29 is 0 Å². The summed E-state index contributed by atoms with van der Waals surface area (Å²) in [6.07, 6.45) is 3.47. The van der Waals surface area contributed by atoms with Gasteiger partial charge in [-0.25, -0.2) is 0 Å². The first kappa shape index (κ1) is 8.84. The summed E-state index contributed by atoms with van der Waals surface area (Å²) in [7, 11) is 2.03. The van der Waals surface area contributed by atoms with Gasteiger partial charge < -0.3 is 10.6 Å². The molecule has 0 aliphatic heterocycles. The Kier molecular flexibility index (Phi) is 2.53. The molecule has 0 saturated carbocycles. The normalized spacial score (nSPS) is 10.3. The Balaban J connectivity index is 2.88. The van der Waals surface area contributed by atoms with E-state index in [-0.39, 0.29) is 0 Å². The highest BCUT2D eigenvalue weighted by Gasteiger charge is 2.04. The molecule has 1 rings (SSSR count). The highest BCUT2D eigenvalue weighted by molar-refractivity contribution is 5.53. The van der Waals surface area contributed by atoms with Crippen molar-refractivity contribution in [3.05, 3.63) is 18.5 Å². The van der Waals surface area contributed by atoms with E-state index in [2.05, 4.69) is 23.7 Å². The third kappa shape index (κ3) is 1.87. The lowest BCUT2D eigenvalue weighted by Crippen LogP contribution is -2.25. The third-order valence-corrected chi connectivity index (χ3v) is 1.93. The van der Waals surface area contributed by atoms with E-state index in [0.717, 1.165) is 5.69 Å². The Morgan fingerprint density at radius 3 is 2.58 bits per heavy atom. The summed E-state index contributed by atoms with van der Waals surface area (Å²) in [5.41, 5.74) is 7.38. The maximum Gasteiger partial charge on any atom is 0.0573 e. The van der Waals surface area contributed by atoms with Crippen LogP contribution in [0.4, 0.5) is 11.4 Å². The zero-order valence-electron chi connectivity index (χ0n) is 7.78. The summed E-state index contributed by atoms with van der Waals surface area (Å²) in [4.78, 5) is 6.15. The molecule has 0 atom stereocenters. The predicted molar refractivity (Wildman–Crippen MR) is 52.2 cm³/mol. The van der Waals surface area contributed by atoms with E-state index in [4.69, 9.17) is 5.73 Å². The average molecular weight is 165 g/mol. The van der Waals surface area contributed by atoms with Gasteiger partial charge in [-0.15, -0.1) is 0 Å². The van der Waals surface area contributed by atoms with Crippen LogP contribution in [-0.4, -0.2) is 18.1 Å². The lowest BCUT2D eigenvalue weighted by molar-refractivity contribution is 0.753. The fraction of sp³-hybridized carbons (Fsp3) is 0.444. The van der Waals surface area contributed by atoms with Crippen LogP contribution in [0.15, 0.2) is 18.5 Å². The maximum absolute atomic E-state index is 5.61. The van der Waals surface area contributed by atoms with Gasteiger partial charge in [0.1, 0.15) is 0 Å². The number of hydrogen-bond donors (Lipinski definition) is 1. The van der Waals surface area contributed by atoms with E-state index in [0.29, 0.717) is 11.7 Å². The molecular weight excluding hydrogens is 150 g/mol. The van der Waals surface area contributed by atoms with Gasteiger partial charge in [0.2, 0.25) is 0 Å². The van der Waals surface area contributed by atoms with E-state index in [1.165, 1.54) is 0 Å². The van der Waals surface area contributed by atoms with Crippen molar-refractivity contribution in [3.8, 4) is 0 Å². The van der Waals surface area contributed by atoms with Gasteiger partial charge in [-0.05, 0) is 19.9 Å². The van der Waals surface area contributed by atoms with Crippen molar-refractivity contribution in [2.24, 2.45) is 0 Å². The molecule has 0 aromatic carbocycles. The predicted octanol–water partition coefficient (Wildman–Crippen LogP) is 1.51. The molecule has 0 aliphatic rings. The quantitative estimate of drug-likeness (QED) is 0.722. The van der Waals surface area contributed by atoms with E-state index in [1.54, 1.807) is 6.20 Å². The number of nitrogens with two attached hydrogens (primary N) is 1. The molecule has 1 heterocycles. The number of nitrogen functional groups attached to an aromatic ring is 1. The second-order valence-corrected chi connectivity index (χ2v) is 3.18. The lowest BCUT2D eigenvalue weighted by Gasteiger charge is -2.23. The highest BCUT2D eigenvalue weighted by atomic mass is 15.1. The largest absolute Gasteiger partial charge is 0.397 e. The standard InChI is InChI=1S/C9H15N3/c1-7(2)12(3)9-4-8(10)5-11-6-9/h4-7H,10H2,1-3H3. The Morgan fingerprint density at radius 2 is 2.08 bits per heavy atom. The van der Waals surface area contributed by atoms with Gasteiger partial charge >= 0.3 is 0 Å². The van der Waals surface area contributed by atoms with E-state index in [1.807, 2.05) is 19.3 Å². The smallest absolute Gasteiger partial charge is 0.0573 e. The zero-order chi connectivity index (χ0) is 9.14. The number of rotatable bonds is 2. The number of hydrogen-bond acceptors (Lipinski definition) is 3. The van der Waals surface area contributed by atoms with Gasteiger partial charge in [0, 0.05) is 19.3 Å². The second-order valence-electron chi connectivity index (χ2n) is 3.18. The third-order valence-electron chi connectivity index (χ3n) is 1.93. The highest BCUT2D eigenvalue weighted by Crippen LogP contribution is 2.15. The van der Waals surface area contributed by atoms with Crippen molar-refractivity contribution >= 4 is 11.4 Å². The summed E-state index contributed by atoms with van der Waals surface area (Å²) >= 11 is 0. The van der Waals surface area contributed by atoms with Crippen molar-refractivity contribution in [2.45, 2.75) is 19.9 Å². The first-order chi connectivity index (χ1) is 5.61. The van der Waals surface area contributed by atoms with E-state index >= 15 is 0 Å². The van der Waals surface area contributed by atoms with E-state index in [9.17, 15) is 0 Å². The molecule has 0 saturated heterocycles. The van der Waals surface area contributed by atoms with Crippen LogP contribution in [0.1, 0.15) is 13.8 Å². The molecule has 2 N–H and O–H groups in total. The topological polar surface area (TPSA) is 42.2 Å². The van der Waals surface area contributed by atoms with Gasteiger partial charge in [0.05, 0.1) is 17.6 Å². The van der Waals surface area contributed by atoms with Crippen molar-refractivity contribution in [2.75, 3.05) is 17.7 Å². The Hall–Kier alpha value is -1.25. The van der Waals surface area contributed by atoms with Crippen molar-refractivity contribution in [1.82, 2.24) is 4.98 Å². The average Bonchev–Trinajstić information content (AvgIpc) is 2.03. The summed E-state index contributed by atoms with van der Waals surface area (Å²) in [6.45, 7) is 4.26. The molecule has 1 aromatic heterocycles. The molecule has 3 nitrogen and oxygen atoms in total. The molecule has 0 aliphatic carbocycles. The summed E-state index contributed by atoms with van der Waals surface area (Å²) < 4.78 is 0. The molecule has 1 aromatic rings. The number of aromatic nitrogens is 1. The molecule has 12 heavy (non-hydrogen) atoms. The van der Waals surface area contributed by atoms with Crippen LogP contribution >= 0.6 is 0 Å². The van der Waals surface area contributed by atoms with Crippen molar-refractivity contribution in [1.29, 1.82) is 0 Å². The Bertz CT molecular complexity index is 258. The lowest BCUT2D eigenvalue weighted by atomic mass is 10.3. The Morgan fingerprint density at radius 1 is 1.42 bits per heavy atom. The van der Waals surface area contributed by atoms with Crippen LogP contribution in [0.25, 0.3) is 0 Å². The minimum atomic E-state index is 0.466. The molecule has 0 bridgehead atoms. The minimum absolute atomic E-state index is 0.466. The van der Waals surface area contributed by atoms with Crippen LogP contribution in [-0.2, 0) is 0 Å². The monoisotopic (exact) mass is 165 g/mol. The summed E-state index contributed by atoms with van der Waals surface area (Å²) in [5.74, 6) is 0. The fourth-order valence-corrected chi connectivity index (χ4v) is 0.936. The number of pyridine rings is 1. The first-order valence-corrected chi connectivity index (χ1v) is 4.04. The van der Waals surface area contributed by atoms with Crippen LogP contribution in [0.2, 0.25) is 0 Å². The number of nitrogens with zero attached hydrogens (tertiary/aromatic N) is 2. The molecule has 66 valence electrons. The zero-order valence-corrected chi connectivity index (χ0v) is 7.78. The van der Waals surface area contributed by atoms with Crippen LogP contribution in [0.3, 0.4) is 0 Å². The molecule has 0 radical (unpaired) electrons. The molecule has 3 heteroatoms. The van der Waals surface area contributed by atoms with Crippen LogP contribution in [0, 0.1) is 0 Å². The van der Waals surface area contributed by atoms with Gasteiger partial charge in [-0.3, -0.25) is 4.98 Å². The van der Waals surface area contributed by atoms with Crippen molar-refractivity contribution in [3.63, 3.8) is 0 Å². The molecule has 0 spiro atoms. The Labute approximate surface area is 73.2 Å². The maximum atomic E-state index is 5.61. The second kappa shape index (κ2) is 3.43.